The van der Waals surface area contributed by atoms with Gasteiger partial charge in [0.05, 0.1) is 0 Å². The Bertz CT molecular complexity index is 1760. The Morgan fingerprint density at radius 2 is 0.953 bits per heavy atom. The lowest BCUT2D eigenvalue weighted by Crippen LogP contribution is -2.08. The minimum absolute atomic E-state index is 0.319. The number of halogens is 1. The molecule has 0 radical (unpaired) electrons. The summed E-state index contributed by atoms with van der Waals surface area (Å²) < 4.78 is 25.4. The van der Waals surface area contributed by atoms with Crippen LogP contribution in [0.1, 0.15) is 47.2 Å². The van der Waals surface area contributed by atoms with Crippen LogP contribution in [0, 0.1) is 5.82 Å². The van der Waals surface area contributed by atoms with Crippen molar-refractivity contribution < 1.29 is 23.5 Å². The molecule has 0 spiro atoms. The predicted octanol–water partition coefficient (Wildman–Crippen LogP) is 9.30. The van der Waals surface area contributed by atoms with Crippen LogP contribution >= 0.6 is 0 Å². The van der Waals surface area contributed by atoms with Crippen LogP contribution < -0.4 is 9.47 Å². The zero-order valence-electron chi connectivity index (χ0n) is 24.0. The first kappa shape index (κ1) is 30.4. The lowest BCUT2D eigenvalue weighted by molar-refractivity contribution is -0.130. The SMILES string of the molecule is C=C(C)C(=O)Oc1cccc(/C=C/c2ccc(/C=C/c3ccc(/C=C/c4cccc(OC(=O)C(=C)C)c4)cc3F)cc2)c1. The molecule has 0 bridgehead atoms. The molecule has 0 amide bonds. The molecule has 0 aliphatic heterocycles. The van der Waals surface area contributed by atoms with E-state index >= 15 is 0 Å². The fraction of sp³-hybridized carbons (Fsp3) is 0.0526. The zero-order chi connectivity index (χ0) is 30.8. The van der Waals surface area contributed by atoms with E-state index in [1.807, 2.05) is 72.8 Å². The van der Waals surface area contributed by atoms with Crippen molar-refractivity contribution in [2.24, 2.45) is 0 Å². The summed E-state index contributed by atoms with van der Waals surface area (Å²) in [5, 5.41) is 0. The number of rotatable bonds is 10. The second-order valence-electron chi connectivity index (χ2n) is 9.93. The number of hydrogen-bond acceptors (Lipinski definition) is 4. The summed E-state index contributed by atoms with van der Waals surface area (Å²) in [5.41, 5.74) is 5.46. The van der Waals surface area contributed by atoms with Crippen molar-refractivity contribution in [1.29, 1.82) is 0 Å². The summed E-state index contributed by atoms with van der Waals surface area (Å²) in [4.78, 5) is 23.5. The molecular formula is C38H31FO4. The molecule has 4 aromatic carbocycles. The van der Waals surface area contributed by atoms with Gasteiger partial charge >= 0.3 is 11.9 Å². The lowest BCUT2D eigenvalue weighted by Gasteiger charge is -2.04. The van der Waals surface area contributed by atoms with Crippen LogP contribution in [0.25, 0.3) is 36.5 Å². The molecule has 214 valence electrons. The van der Waals surface area contributed by atoms with Crippen molar-refractivity contribution in [3.8, 4) is 11.5 Å². The van der Waals surface area contributed by atoms with Crippen LogP contribution in [0.2, 0.25) is 0 Å². The molecule has 0 fully saturated rings. The van der Waals surface area contributed by atoms with Crippen molar-refractivity contribution in [2.75, 3.05) is 0 Å². The van der Waals surface area contributed by atoms with Crippen molar-refractivity contribution in [3.63, 3.8) is 0 Å². The number of esters is 2. The number of carbonyl (C=O) groups is 2. The Kier molecular flexibility index (Phi) is 10.2. The average Bonchev–Trinajstić information content (AvgIpc) is 2.99. The molecule has 4 rings (SSSR count). The maximum absolute atomic E-state index is 14.8. The van der Waals surface area contributed by atoms with E-state index < -0.39 is 11.9 Å². The summed E-state index contributed by atoms with van der Waals surface area (Å²) in [6, 6.07) is 27.2. The highest BCUT2D eigenvalue weighted by Gasteiger charge is 2.06. The summed E-state index contributed by atoms with van der Waals surface area (Å²) in [7, 11) is 0. The fourth-order valence-corrected chi connectivity index (χ4v) is 3.82. The first-order valence-electron chi connectivity index (χ1n) is 13.6. The summed E-state index contributed by atoms with van der Waals surface area (Å²) in [6.45, 7) is 10.4. The molecule has 43 heavy (non-hydrogen) atoms. The monoisotopic (exact) mass is 570 g/mol. The number of carbonyl (C=O) groups excluding carboxylic acids is 2. The number of benzene rings is 4. The smallest absolute Gasteiger partial charge is 0.338 e. The molecule has 0 unspecified atom stereocenters. The van der Waals surface area contributed by atoms with E-state index in [1.165, 1.54) is 6.07 Å². The summed E-state index contributed by atoms with van der Waals surface area (Å²) in [6.07, 6.45) is 11.1. The van der Waals surface area contributed by atoms with E-state index in [0.29, 0.717) is 33.8 Å². The van der Waals surface area contributed by atoms with Crippen LogP contribution in [0.5, 0.6) is 11.5 Å². The number of ether oxygens (including phenoxy) is 2. The Hall–Kier alpha value is -5.55. The highest BCUT2D eigenvalue weighted by molar-refractivity contribution is 5.89. The van der Waals surface area contributed by atoms with Gasteiger partial charge in [0.25, 0.3) is 0 Å². The van der Waals surface area contributed by atoms with Gasteiger partial charge in [0.2, 0.25) is 0 Å². The van der Waals surface area contributed by atoms with Crippen LogP contribution in [-0.2, 0) is 9.59 Å². The molecule has 0 saturated carbocycles. The van der Waals surface area contributed by atoms with Crippen LogP contribution in [0.4, 0.5) is 4.39 Å². The van der Waals surface area contributed by atoms with Gasteiger partial charge in [0.15, 0.2) is 0 Å². The van der Waals surface area contributed by atoms with Gasteiger partial charge in [0, 0.05) is 16.7 Å². The summed E-state index contributed by atoms with van der Waals surface area (Å²) >= 11 is 0. The Balaban J connectivity index is 1.36. The number of hydrogen-bond donors (Lipinski definition) is 0. The van der Waals surface area contributed by atoms with Crippen molar-refractivity contribution in [1.82, 2.24) is 0 Å². The highest BCUT2D eigenvalue weighted by atomic mass is 19.1. The van der Waals surface area contributed by atoms with Crippen LogP contribution in [0.15, 0.2) is 115 Å². The van der Waals surface area contributed by atoms with E-state index in [0.717, 1.165) is 22.3 Å². The minimum atomic E-state index is -0.484. The minimum Gasteiger partial charge on any atom is -0.423 e. The molecule has 4 aromatic rings. The van der Waals surface area contributed by atoms with E-state index in [9.17, 15) is 14.0 Å². The topological polar surface area (TPSA) is 52.6 Å². The summed E-state index contributed by atoms with van der Waals surface area (Å²) in [5.74, 6) is -0.401. The van der Waals surface area contributed by atoms with Crippen LogP contribution in [0.3, 0.4) is 0 Å². The van der Waals surface area contributed by atoms with Gasteiger partial charge in [-0.1, -0.05) is 110 Å². The van der Waals surface area contributed by atoms with Gasteiger partial charge in [-0.2, -0.15) is 0 Å². The van der Waals surface area contributed by atoms with E-state index in [2.05, 4.69) is 13.2 Å². The third-order valence-corrected chi connectivity index (χ3v) is 6.19. The zero-order valence-corrected chi connectivity index (χ0v) is 24.0. The quantitative estimate of drug-likeness (QED) is 0.0825. The van der Waals surface area contributed by atoms with E-state index in [-0.39, 0.29) is 5.82 Å². The Morgan fingerprint density at radius 1 is 0.558 bits per heavy atom. The third kappa shape index (κ3) is 9.23. The molecule has 0 heterocycles. The molecule has 4 nitrogen and oxygen atoms in total. The standard InChI is InChI=1S/C38H31FO4/c1-26(2)37(40)42-34-9-5-7-30(23-34)16-15-28-11-13-29(14-12-28)19-21-33-22-20-32(25-36(33)39)18-17-31-8-6-10-35(24-31)43-38(41)27(3)4/h5-25H,1,3H2,2,4H3/b16-15+,18-17+,21-19+. The van der Waals surface area contributed by atoms with Gasteiger partial charge in [-0.05, 0) is 72.0 Å². The Labute approximate surface area is 251 Å². The Morgan fingerprint density at radius 3 is 1.40 bits per heavy atom. The van der Waals surface area contributed by atoms with Crippen molar-refractivity contribution in [3.05, 3.63) is 154 Å². The fourth-order valence-electron chi connectivity index (χ4n) is 3.82. The second-order valence-corrected chi connectivity index (χ2v) is 9.93. The molecular weight excluding hydrogens is 539 g/mol. The van der Waals surface area contributed by atoms with Gasteiger partial charge in [-0.15, -0.1) is 0 Å². The van der Waals surface area contributed by atoms with Gasteiger partial charge in [0.1, 0.15) is 17.3 Å². The van der Waals surface area contributed by atoms with Crippen LogP contribution in [-0.4, -0.2) is 11.9 Å². The maximum Gasteiger partial charge on any atom is 0.338 e. The van der Waals surface area contributed by atoms with Crippen molar-refractivity contribution in [2.45, 2.75) is 13.8 Å². The third-order valence-electron chi connectivity index (χ3n) is 6.19. The molecule has 0 saturated heterocycles. The molecule has 0 aliphatic carbocycles. The largest absolute Gasteiger partial charge is 0.423 e. The molecule has 0 atom stereocenters. The molecule has 0 N–H and O–H groups in total. The molecule has 0 aromatic heterocycles. The van der Waals surface area contributed by atoms with Gasteiger partial charge in [-0.25, -0.2) is 14.0 Å². The predicted molar refractivity (Wildman–Crippen MR) is 173 cm³/mol. The van der Waals surface area contributed by atoms with Gasteiger partial charge < -0.3 is 9.47 Å². The van der Waals surface area contributed by atoms with Gasteiger partial charge in [-0.3, -0.25) is 0 Å². The normalized spacial score (nSPS) is 11.2. The first-order valence-corrected chi connectivity index (χ1v) is 13.6. The first-order chi connectivity index (χ1) is 20.7. The second kappa shape index (κ2) is 14.4. The van der Waals surface area contributed by atoms with Crippen molar-refractivity contribution >= 4 is 48.4 Å². The average molecular weight is 571 g/mol. The maximum atomic E-state index is 14.8. The molecule has 5 heteroatoms. The lowest BCUT2D eigenvalue weighted by atomic mass is 10.1. The molecule has 0 aliphatic rings. The van der Waals surface area contributed by atoms with E-state index in [4.69, 9.17) is 9.47 Å². The highest BCUT2D eigenvalue weighted by Crippen LogP contribution is 2.20. The van der Waals surface area contributed by atoms with E-state index in [1.54, 1.807) is 62.4 Å².